The van der Waals surface area contributed by atoms with Gasteiger partial charge < -0.3 is 9.32 Å². The topological polar surface area (TPSA) is 64.1 Å². The Morgan fingerprint density at radius 1 is 0.556 bits per heavy atom. The molecule has 170 valence electrons. The van der Waals surface area contributed by atoms with Crippen molar-refractivity contribution in [3.05, 3.63) is 120 Å². The molecule has 0 radical (unpaired) electrons. The summed E-state index contributed by atoms with van der Waals surface area (Å²) in [5.74, 6) is 0. The normalized spacial score (nSPS) is 13.0. The summed E-state index contributed by atoms with van der Waals surface area (Å²) in [5, 5.41) is 20.8. The Hall–Kier alpha value is -4.96. The minimum absolute atomic E-state index is 0.240. The maximum absolute atomic E-state index is 8.49. The van der Waals surface area contributed by atoms with Gasteiger partial charge in [0, 0.05) is 39.5 Å². The summed E-state index contributed by atoms with van der Waals surface area (Å²) < 4.78 is 6.19. The van der Waals surface area contributed by atoms with E-state index in [1.165, 1.54) is 0 Å². The van der Waals surface area contributed by atoms with Gasteiger partial charge in [0.1, 0.15) is 11.2 Å². The van der Waals surface area contributed by atoms with Crippen LogP contribution in [0.15, 0.2) is 114 Å². The summed E-state index contributed by atoms with van der Waals surface area (Å²) in [6, 6.07) is 35.2. The van der Waals surface area contributed by atoms with E-state index in [9.17, 15) is 0 Å². The average molecular weight is 464 g/mol. The van der Waals surface area contributed by atoms with Crippen LogP contribution >= 0.6 is 0 Å². The van der Waals surface area contributed by atoms with Crippen LogP contribution in [0.5, 0.6) is 0 Å². The Morgan fingerprint density at radius 2 is 1.28 bits per heavy atom. The highest BCUT2D eigenvalue weighted by atomic mass is 16.3. The van der Waals surface area contributed by atoms with E-state index in [1.807, 2.05) is 48.5 Å². The van der Waals surface area contributed by atoms with E-state index < -0.39 is 0 Å². The summed E-state index contributed by atoms with van der Waals surface area (Å²) >= 11 is 0. The summed E-state index contributed by atoms with van der Waals surface area (Å²) in [4.78, 5) is 2.22. The number of hydrogen-bond acceptors (Lipinski definition) is 4. The highest BCUT2D eigenvalue weighted by Crippen LogP contribution is 2.40. The average Bonchev–Trinajstić information content (AvgIpc) is 3.29. The van der Waals surface area contributed by atoms with Crippen molar-refractivity contribution in [2.75, 3.05) is 4.90 Å². The minimum atomic E-state index is 0.240. The number of anilines is 3. The lowest BCUT2D eigenvalue weighted by Crippen LogP contribution is -2.16. The number of rotatable bonds is 3. The number of furan rings is 1. The van der Waals surface area contributed by atoms with Crippen molar-refractivity contribution < 1.29 is 4.42 Å². The van der Waals surface area contributed by atoms with Crippen LogP contribution in [0.2, 0.25) is 0 Å². The quantitative estimate of drug-likeness (QED) is 0.276. The van der Waals surface area contributed by atoms with Gasteiger partial charge in [0.15, 0.2) is 0 Å². The van der Waals surface area contributed by atoms with E-state index in [1.54, 1.807) is 6.08 Å². The maximum atomic E-state index is 8.49. The van der Waals surface area contributed by atoms with Gasteiger partial charge in [-0.3, -0.25) is 10.8 Å². The molecular weight excluding hydrogens is 442 g/mol. The molecule has 6 aromatic rings. The molecule has 0 unspecified atom stereocenters. The fourth-order valence-electron chi connectivity index (χ4n) is 5.16. The molecule has 0 bridgehead atoms. The predicted octanol–water partition coefficient (Wildman–Crippen LogP) is 8.62. The number of para-hydroxylation sites is 2. The molecule has 5 aromatic carbocycles. The first kappa shape index (κ1) is 20.4. The van der Waals surface area contributed by atoms with Gasteiger partial charge in [0.05, 0.1) is 11.4 Å². The second-order valence-electron chi connectivity index (χ2n) is 9.01. The largest absolute Gasteiger partial charge is 0.456 e. The van der Waals surface area contributed by atoms with Gasteiger partial charge in [-0.15, -0.1) is 0 Å². The van der Waals surface area contributed by atoms with Gasteiger partial charge in [-0.05, 0) is 64.9 Å². The van der Waals surface area contributed by atoms with Crippen LogP contribution in [0, 0.1) is 10.8 Å². The Kier molecular flexibility index (Phi) is 4.42. The number of allylic oxidation sites excluding steroid dienone is 1. The molecule has 2 N–H and O–H groups in total. The van der Waals surface area contributed by atoms with Gasteiger partial charge in [0.25, 0.3) is 0 Å². The highest BCUT2D eigenvalue weighted by molar-refractivity contribution is 6.53. The van der Waals surface area contributed by atoms with E-state index in [2.05, 4.69) is 65.6 Å². The Morgan fingerprint density at radius 3 is 2.14 bits per heavy atom. The van der Waals surface area contributed by atoms with Crippen LogP contribution in [0.25, 0.3) is 38.8 Å². The van der Waals surface area contributed by atoms with E-state index >= 15 is 0 Å². The smallest absolute Gasteiger partial charge is 0.137 e. The maximum Gasteiger partial charge on any atom is 0.137 e. The molecule has 0 aliphatic heterocycles. The molecular formula is C32H21N3O. The third kappa shape index (κ3) is 3.08. The van der Waals surface area contributed by atoms with Gasteiger partial charge >= 0.3 is 0 Å². The first-order chi connectivity index (χ1) is 17.7. The van der Waals surface area contributed by atoms with Crippen molar-refractivity contribution in [3.63, 3.8) is 0 Å². The molecule has 1 heterocycles. The first-order valence-corrected chi connectivity index (χ1v) is 11.9. The number of hydrogen-bond donors (Lipinski definition) is 2. The molecule has 0 atom stereocenters. The van der Waals surface area contributed by atoms with Crippen LogP contribution in [-0.2, 0) is 0 Å². The van der Waals surface area contributed by atoms with Crippen LogP contribution in [-0.4, -0.2) is 11.4 Å². The Balaban J connectivity index is 1.42. The molecule has 7 rings (SSSR count). The van der Waals surface area contributed by atoms with Gasteiger partial charge in [-0.25, -0.2) is 0 Å². The molecule has 1 aromatic heterocycles. The molecule has 0 fully saturated rings. The molecule has 36 heavy (non-hydrogen) atoms. The molecule has 4 nitrogen and oxygen atoms in total. The summed E-state index contributed by atoms with van der Waals surface area (Å²) in [6.45, 7) is 0. The summed E-state index contributed by atoms with van der Waals surface area (Å²) in [6.07, 6.45) is 3.61. The molecule has 1 aliphatic carbocycles. The van der Waals surface area contributed by atoms with Gasteiger partial charge in [-0.1, -0.05) is 60.7 Å². The number of benzene rings is 5. The van der Waals surface area contributed by atoms with Crippen LogP contribution in [0.1, 0.15) is 11.1 Å². The van der Waals surface area contributed by atoms with Gasteiger partial charge in [0.2, 0.25) is 0 Å². The zero-order valence-electron chi connectivity index (χ0n) is 19.3. The van der Waals surface area contributed by atoms with Crippen molar-refractivity contribution in [3.8, 4) is 0 Å². The lowest BCUT2D eigenvalue weighted by Gasteiger charge is -2.26. The van der Waals surface area contributed by atoms with Crippen molar-refractivity contribution >= 4 is 67.3 Å². The molecule has 0 saturated heterocycles. The monoisotopic (exact) mass is 463 g/mol. The molecule has 1 aliphatic rings. The predicted molar refractivity (Wildman–Crippen MR) is 149 cm³/mol. The lowest BCUT2D eigenvalue weighted by atomic mass is 9.89. The molecule has 0 spiro atoms. The van der Waals surface area contributed by atoms with Crippen LogP contribution in [0.3, 0.4) is 0 Å². The van der Waals surface area contributed by atoms with E-state index in [0.29, 0.717) is 0 Å². The summed E-state index contributed by atoms with van der Waals surface area (Å²) in [5.41, 5.74) is 7.09. The Labute approximate surface area is 207 Å². The van der Waals surface area contributed by atoms with E-state index in [4.69, 9.17) is 15.2 Å². The minimum Gasteiger partial charge on any atom is -0.456 e. The second-order valence-corrected chi connectivity index (χ2v) is 9.01. The summed E-state index contributed by atoms with van der Waals surface area (Å²) in [7, 11) is 0. The standard InChI is InChI=1S/C32H21N3O/c33-28-17-12-20-10-11-21-18-23(13-15-25(21)31(20)32(28)34)35(22-6-2-1-3-7-22)24-14-16-27-26-8-4-5-9-29(26)36-30(27)19-24/h1-19,33-34H. The van der Waals surface area contributed by atoms with E-state index in [0.717, 1.165) is 60.9 Å². The number of nitrogens with zero attached hydrogens (tertiary/aromatic N) is 1. The Bertz CT molecular complexity index is 1880. The number of fused-ring (bicyclic) bond motifs is 6. The first-order valence-electron chi connectivity index (χ1n) is 11.9. The second kappa shape index (κ2) is 7.79. The van der Waals surface area contributed by atoms with Crippen molar-refractivity contribution in [1.82, 2.24) is 0 Å². The highest BCUT2D eigenvalue weighted by Gasteiger charge is 2.20. The van der Waals surface area contributed by atoms with Crippen molar-refractivity contribution in [1.29, 1.82) is 10.8 Å². The fourth-order valence-corrected chi connectivity index (χ4v) is 5.16. The SMILES string of the molecule is N=C1C=Cc2ccc3cc(N(c4ccccc4)c4ccc5c(c4)oc4ccccc45)ccc3c2C1=N. The molecule has 0 saturated carbocycles. The molecule has 4 heteroatoms. The third-order valence-electron chi connectivity index (χ3n) is 6.88. The third-order valence-corrected chi connectivity index (χ3v) is 6.88. The van der Waals surface area contributed by atoms with E-state index in [-0.39, 0.29) is 11.4 Å². The fraction of sp³-hybridized carbons (Fsp3) is 0. The van der Waals surface area contributed by atoms with Crippen LogP contribution in [0.4, 0.5) is 17.1 Å². The van der Waals surface area contributed by atoms with Crippen molar-refractivity contribution in [2.24, 2.45) is 0 Å². The number of nitrogens with one attached hydrogen (secondary N) is 2. The zero-order chi connectivity index (χ0) is 24.2. The lowest BCUT2D eigenvalue weighted by molar-refractivity contribution is 0.669. The van der Waals surface area contributed by atoms with Gasteiger partial charge in [-0.2, -0.15) is 0 Å². The molecule has 0 amide bonds. The van der Waals surface area contributed by atoms with Crippen molar-refractivity contribution in [2.45, 2.75) is 0 Å². The zero-order valence-corrected chi connectivity index (χ0v) is 19.3. The van der Waals surface area contributed by atoms with Crippen LogP contribution < -0.4 is 4.90 Å².